The zero-order valence-electron chi connectivity index (χ0n) is 14.4. The van der Waals surface area contributed by atoms with Crippen LogP contribution in [0.25, 0.3) is 0 Å². The minimum absolute atomic E-state index is 0.0733. The number of piperazine rings is 1. The summed E-state index contributed by atoms with van der Waals surface area (Å²) in [6.45, 7) is 2.30. The van der Waals surface area contributed by atoms with Crippen molar-refractivity contribution in [3.05, 3.63) is 34.8 Å². The number of rotatable bonds is 2. The Morgan fingerprint density at radius 1 is 1.32 bits per heavy atom. The summed E-state index contributed by atoms with van der Waals surface area (Å²) in [7, 11) is 3.83. The highest BCUT2D eigenvalue weighted by Crippen LogP contribution is 2.34. The first-order valence-corrected chi connectivity index (χ1v) is 9.19. The van der Waals surface area contributed by atoms with Crippen LogP contribution in [0.1, 0.15) is 16.1 Å². The number of likely N-dealkylation sites (N-methyl/N-ethyl adjacent to an activating group) is 1. The van der Waals surface area contributed by atoms with E-state index in [1.807, 2.05) is 47.6 Å². The fraction of sp³-hybridized carbons (Fsp3) is 0.471. The zero-order valence-corrected chi connectivity index (χ0v) is 15.2. The molecule has 2 aliphatic rings. The SMILES string of the molecule is CN1CC(=O)N(c2cnn(C)c2)C[C@]12CCN(C(=O)c1cccs1)C2. The molecule has 0 bridgehead atoms. The molecule has 7 nitrogen and oxygen atoms in total. The summed E-state index contributed by atoms with van der Waals surface area (Å²) < 4.78 is 1.70. The molecule has 0 radical (unpaired) electrons. The molecule has 0 unspecified atom stereocenters. The Balaban J connectivity index is 1.56. The second-order valence-corrected chi connectivity index (χ2v) is 7.83. The number of hydrogen-bond donors (Lipinski definition) is 0. The number of likely N-dealkylation sites (tertiary alicyclic amines) is 1. The summed E-state index contributed by atoms with van der Waals surface area (Å²) in [6.07, 6.45) is 4.45. The highest BCUT2D eigenvalue weighted by atomic mass is 32.1. The third-order valence-electron chi connectivity index (χ3n) is 5.29. The van der Waals surface area contributed by atoms with Crippen molar-refractivity contribution in [2.24, 2.45) is 7.05 Å². The molecule has 0 aromatic carbocycles. The van der Waals surface area contributed by atoms with E-state index in [1.54, 1.807) is 10.9 Å². The first-order chi connectivity index (χ1) is 12.0. The quantitative estimate of drug-likeness (QED) is 0.804. The molecular formula is C17H21N5O2S. The number of anilines is 1. The minimum atomic E-state index is -0.198. The summed E-state index contributed by atoms with van der Waals surface area (Å²) in [6, 6.07) is 3.77. The summed E-state index contributed by atoms with van der Waals surface area (Å²) in [5.74, 6) is 0.161. The molecule has 1 spiro atoms. The Kier molecular flexibility index (Phi) is 3.88. The molecule has 0 saturated carbocycles. The maximum Gasteiger partial charge on any atom is 0.263 e. The van der Waals surface area contributed by atoms with Crippen molar-refractivity contribution in [1.29, 1.82) is 0 Å². The molecule has 2 saturated heterocycles. The van der Waals surface area contributed by atoms with Gasteiger partial charge in [0.15, 0.2) is 0 Å². The van der Waals surface area contributed by atoms with Gasteiger partial charge >= 0.3 is 0 Å². The number of hydrogen-bond acceptors (Lipinski definition) is 5. The Hall–Kier alpha value is -2.19. The third kappa shape index (κ3) is 2.75. The smallest absolute Gasteiger partial charge is 0.263 e. The number of carbonyl (C=O) groups is 2. The highest BCUT2D eigenvalue weighted by molar-refractivity contribution is 7.12. The number of amides is 2. The maximum atomic E-state index is 12.7. The van der Waals surface area contributed by atoms with Gasteiger partial charge in [0.25, 0.3) is 5.91 Å². The second-order valence-electron chi connectivity index (χ2n) is 6.89. The van der Waals surface area contributed by atoms with E-state index in [1.165, 1.54) is 11.3 Å². The van der Waals surface area contributed by atoms with Crippen LogP contribution >= 0.6 is 11.3 Å². The normalized spacial score (nSPS) is 24.5. The Morgan fingerprint density at radius 3 is 2.84 bits per heavy atom. The largest absolute Gasteiger partial charge is 0.336 e. The van der Waals surface area contributed by atoms with Crippen LogP contribution in [0.2, 0.25) is 0 Å². The molecule has 1 atom stereocenters. The van der Waals surface area contributed by atoms with Gasteiger partial charge in [-0.05, 0) is 24.9 Å². The zero-order chi connectivity index (χ0) is 17.6. The van der Waals surface area contributed by atoms with Gasteiger partial charge in [-0.3, -0.25) is 19.2 Å². The van der Waals surface area contributed by atoms with Gasteiger partial charge in [-0.15, -0.1) is 11.3 Å². The highest BCUT2D eigenvalue weighted by Gasteiger charge is 2.49. The Labute approximate surface area is 150 Å². The lowest BCUT2D eigenvalue weighted by Gasteiger charge is -2.46. The van der Waals surface area contributed by atoms with E-state index in [2.05, 4.69) is 10.00 Å². The number of thiophene rings is 1. The van der Waals surface area contributed by atoms with E-state index in [0.717, 1.165) is 23.5 Å². The predicted octanol–water partition coefficient (Wildman–Crippen LogP) is 1.04. The molecule has 25 heavy (non-hydrogen) atoms. The van der Waals surface area contributed by atoms with E-state index in [-0.39, 0.29) is 17.4 Å². The van der Waals surface area contributed by atoms with Gasteiger partial charge in [-0.2, -0.15) is 5.10 Å². The Bertz CT molecular complexity index is 802. The second kappa shape index (κ2) is 5.96. The first-order valence-electron chi connectivity index (χ1n) is 8.32. The van der Waals surface area contributed by atoms with Crippen LogP contribution in [-0.4, -0.2) is 70.2 Å². The van der Waals surface area contributed by atoms with Gasteiger partial charge in [0.05, 0.1) is 28.8 Å². The molecule has 2 fully saturated rings. The molecule has 2 aromatic rings. The van der Waals surface area contributed by atoms with Crippen LogP contribution < -0.4 is 4.90 Å². The Morgan fingerprint density at radius 2 is 2.16 bits per heavy atom. The monoisotopic (exact) mass is 359 g/mol. The van der Waals surface area contributed by atoms with Gasteiger partial charge in [-0.25, -0.2) is 0 Å². The van der Waals surface area contributed by atoms with Gasteiger partial charge in [0.1, 0.15) is 0 Å². The summed E-state index contributed by atoms with van der Waals surface area (Å²) in [4.78, 5) is 31.8. The van der Waals surface area contributed by atoms with E-state index in [0.29, 0.717) is 19.6 Å². The molecule has 4 rings (SSSR count). The predicted molar refractivity (Wildman–Crippen MR) is 95.8 cm³/mol. The van der Waals surface area contributed by atoms with Gasteiger partial charge in [0.2, 0.25) is 5.91 Å². The molecule has 2 aromatic heterocycles. The average Bonchev–Trinajstić information content (AvgIpc) is 3.32. The minimum Gasteiger partial charge on any atom is -0.336 e. The van der Waals surface area contributed by atoms with Crippen molar-refractivity contribution in [1.82, 2.24) is 19.6 Å². The van der Waals surface area contributed by atoms with E-state index >= 15 is 0 Å². The van der Waals surface area contributed by atoms with Crippen molar-refractivity contribution in [3.8, 4) is 0 Å². The van der Waals surface area contributed by atoms with Gasteiger partial charge < -0.3 is 9.80 Å². The van der Waals surface area contributed by atoms with Gasteiger partial charge in [-0.1, -0.05) is 6.07 Å². The lowest BCUT2D eigenvalue weighted by Crippen LogP contribution is -2.64. The van der Waals surface area contributed by atoms with E-state index < -0.39 is 0 Å². The number of carbonyl (C=O) groups excluding carboxylic acids is 2. The van der Waals surface area contributed by atoms with Gasteiger partial charge in [0, 0.05) is 32.9 Å². The van der Waals surface area contributed by atoms with Crippen molar-refractivity contribution >= 4 is 28.8 Å². The lowest BCUT2D eigenvalue weighted by atomic mass is 9.93. The van der Waals surface area contributed by atoms with Crippen LogP contribution in [0.3, 0.4) is 0 Å². The molecule has 8 heteroatoms. The molecule has 2 amide bonds. The fourth-order valence-electron chi connectivity index (χ4n) is 3.77. The van der Waals surface area contributed by atoms with Crippen LogP contribution in [-0.2, 0) is 11.8 Å². The van der Waals surface area contributed by atoms with Crippen LogP contribution in [0.4, 0.5) is 5.69 Å². The first kappa shape index (κ1) is 16.3. The molecule has 0 aliphatic carbocycles. The number of nitrogens with zero attached hydrogens (tertiary/aromatic N) is 5. The van der Waals surface area contributed by atoms with Crippen LogP contribution in [0.5, 0.6) is 0 Å². The summed E-state index contributed by atoms with van der Waals surface area (Å²) >= 11 is 1.47. The molecule has 4 heterocycles. The molecular weight excluding hydrogens is 338 g/mol. The van der Waals surface area contributed by atoms with Crippen molar-refractivity contribution in [2.75, 3.05) is 38.1 Å². The van der Waals surface area contributed by atoms with E-state index in [9.17, 15) is 9.59 Å². The fourth-order valence-corrected chi connectivity index (χ4v) is 4.46. The molecule has 2 aliphatic heterocycles. The van der Waals surface area contributed by atoms with Crippen LogP contribution in [0.15, 0.2) is 29.9 Å². The lowest BCUT2D eigenvalue weighted by molar-refractivity contribution is -0.123. The average molecular weight is 359 g/mol. The summed E-state index contributed by atoms with van der Waals surface area (Å²) in [5.41, 5.74) is 0.624. The van der Waals surface area contributed by atoms with Crippen LogP contribution in [0, 0.1) is 0 Å². The maximum absolute atomic E-state index is 12.7. The molecule has 132 valence electrons. The number of aromatic nitrogens is 2. The number of aryl methyl sites for hydroxylation is 1. The third-order valence-corrected chi connectivity index (χ3v) is 6.15. The van der Waals surface area contributed by atoms with E-state index in [4.69, 9.17) is 0 Å². The van der Waals surface area contributed by atoms with Crippen molar-refractivity contribution in [3.63, 3.8) is 0 Å². The van der Waals surface area contributed by atoms with Crippen molar-refractivity contribution in [2.45, 2.75) is 12.0 Å². The molecule has 0 N–H and O–H groups in total. The standard InChI is InChI=1S/C17H21N5O2S/c1-19-10-15(23)22(13-8-18-20(2)9-13)12-17(19)5-6-21(11-17)16(24)14-4-3-7-25-14/h3-4,7-9H,5-6,10-12H2,1-2H3/t17-/m1/s1. The topological polar surface area (TPSA) is 61.7 Å². The summed E-state index contributed by atoms with van der Waals surface area (Å²) in [5, 5.41) is 6.11. The van der Waals surface area contributed by atoms with Crippen molar-refractivity contribution < 1.29 is 9.59 Å².